The van der Waals surface area contributed by atoms with E-state index < -0.39 is 11.4 Å². The molecule has 4 aromatic carbocycles. The molecule has 0 bridgehead atoms. The van der Waals surface area contributed by atoms with E-state index in [4.69, 9.17) is 56.4 Å². The molecule has 11 N–H and O–H groups in total. The van der Waals surface area contributed by atoms with Gasteiger partial charge in [0.05, 0.1) is 39.5 Å². The maximum Gasteiger partial charge on any atom is 0.194 e. The van der Waals surface area contributed by atoms with Crippen molar-refractivity contribution >= 4 is 324 Å². The number of imidazole rings is 4. The third-order valence-corrected chi connectivity index (χ3v) is 24.5. The van der Waals surface area contributed by atoms with Crippen LogP contribution in [0.25, 0.3) is 42.6 Å². The number of nitrogen functional groups attached to an aromatic ring is 1. The fourth-order valence-electron chi connectivity index (χ4n) is 10.8. The second kappa shape index (κ2) is 51.9. The van der Waals surface area contributed by atoms with E-state index >= 15 is 0 Å². The molecule has 16 aromatic rings. The number of thiocarbonyl (C=S) groups is 2. The largest absolute Gasteiger partial charge is 0.376 e. The SMILES string of the molecule is Br.Br.CC(=O)C(C(C)=O)n1ccsc1=N.CC(=O)C(Cl)C(C)=O.CC(=O)c1c(C)nc2sccn12.CCc1ccc(NC(N)=S)cc1.CCc1ccc(Nc2nc(-c3c(C)nc4sccn34)cs2)cc1.Cc1nc2sccn2c1-c1csc(Nc2ccc(Br)cc2)n1.Cc1nc2sccn2c1C(=O)CBr.Cl.NC(=S)Nc1ccc(Br)cc1.Nc1nccs1. The molecule has 16 rings (SSSR count). The minimum Gasteiger partial charge on any atom is -0.376 e. The lowest BCUT2D eigenvalue weighted by Gasteiger charge is -2.10. The number of nitrogens with two attached hydrogens (primary N) is 3. The van der Waals surface area contributed by atoms with Gasteiger partial charge in [-0.05, 0) is 177 Å². The highest BCUT2D eigenvalue weighted by molar-refractivity contribution is 9.10. The minimum absolute atomic E-state index is 0. The number of thiazole rings is 8. The molecule has 0 spiro atoms. The molecule has 43 heteroatoms. The quantitative estimate of drug-likeness (QED) is 0.0171. The lowest BCUT2D eigenvalue weighted by Crippen LogP contribution is -2.29. The van der Waals surface area contributed by atoms with E-state index in [0.717, 1.165) is 120 Å². The van der Waals surface area contributed by atoms with Crippen LogP contribution in [0.3, 0.4) is 0 Å². The highest BCUT2D eigenvalue weighted by atomic mass is 79.9. The van der Waals surface area contributed by atoms with Crippen molar-refractivity contribution < 1.29 is 28.8 Å². The Labute approximate surface area is 809 Å². The van der Waals surface area contributed by atoms with E-state index in [1.165, 1.54) is 88.7 Å². The number of aryl methyl sites for hydroxylation is 6. The molecule has 0 fully saturated rings. The Morgan fingerprint density at radius 2 is 0.846 bits per heavy atom. The summed E-state index contributed by atoms with van der Waals surface area (Å²) in [5.74, 6) is -0.908. The standard InChI is InChI=1S/C17H16N4S2.C15H11BrN4S2.C9H12N2S.C8H7BrN2OS.C8H10N2O2S.C8H8N2OS.C7H7BrN2S.C5H7ClO2.C3H4N2S.2BrH.ClH/c1-3-12-4-6-13(7-5-12)19-16-20-14(10-23-16)15-11(2)18-17-21(15)8-9-22-17;1-9-13(20-6-7-21-15(20)17-9)12-8-22-14(19-12)18-11-4-2-10(16)3-5-11;1-2-7-3-5-8(6-4-7)11-9(10)12;1-5-7(6(12)4-9)11-2-3-13-8(11)10-5;1-5(11)7(6(2)12)10-3-4-13-8(10)9;1-5-7(6(2)11)10-3-4-12-8(10)9-5;8-5-1-3-6(4-2-5)10-7(9)11;1-3(7)5(6)4(2)8;4-3-5-1-2-6-3;;;/h4-10H,3H2,1-2H3,(H,19,20);2-8H,1H3,(H,18,19);3-6H,2H2,1H3,(H3,10,11,12);2-3H,4H2,1H3;3-4,7,9H,1-2H3;3-4H,1-2H3;1-4H,(H3,9,10,11);5H,1-2H3;1-2H,(H2,4,5);3*1H. The third kappa shape index (κ3) is 31.3. The van der Waals surface area contributed by atoms with Gasteiger partial charge in [0.25, 0.3) is 0 Å². The van der Waals surface area contributed by atoms with Gasteiger partial charge in [0.15, 0.2) is 91.0 Å². The maximum atomic E-state index is 11.5. The number of nitrogens with zero attached hydrogens (tertiary/aromatic N) is 12. The van der Waals surface area contributed by atoms with Gasteiger partial charge >= 0.3 is 0 Å². The fraction of sp³-hybridized carbons (Fsp3) is 0.200. The van der Waals surface area contributed by atoms with E-state index in [0.29, 0.717) is 27.0 Å². The van der Waals surface area contributed by atoms with Crippen LogP contribution in [-0.4, -0.2) is 113 Å². The van der Waals surface area contributed by atoms with Crippen molar-refractivity contribution in [2.75, 3.05) is 32.3 Å². The number of hydrogen-bond donors (Lipinski definition) is 8. The normalized spacial score (nSPS) is 10.2. The summed E-state index contributed by atoms with van der Waals surface area (Å²) in [7, 11) is 0. The zero-order chi connectivity index (χ0) is 87.4. The molecule has 0 radical (unpaired) electrons. The van der Waals surface area contributed by atoms with Gasteiger partial charge < -0.3 is 43.0 Å². The highest BCUT2D eigenvalue weighted by Gasteiger charge is 2.23. The summed E-state index contributed by atoms with van der Waals surface area (Å²) in [6.07, 6.45) is 13.2. The number of ketones is 6. The van der Waals surface area contributed by atoms with Crippen molar-refractivity contribution in [2.45, 2.75) is 100 Å². The van der Waals surface area contributed by atoms with Crippen molar-refractivity contribution in [3.05, 3.63) is 236 Å². The van der Waals surface area contributed by atoms with Crippen LogP contribution >= 0.6 is 221 Å². The summed E-state index contributed by atoms with van der Waals surface area (Å²) in [4.78, 5) is 100. The van der Waals surface area contributed by atoms with Gasteiger partial charge in [-0.25, -0.2) is 34.9 Å². The molecule has 26 nitrogen and oxygen atoms in total. The van der Waals surface area contributed by atoms with Crippen LogP contribution in [0.2, 0.25) is 0 Å². The number of hydrogen-bond acceptors (Lipinski definition) is 27. The lowest BCUT2D eigenvalue weighted by molar-refractivity contribution is -0.130. The average Bonchev–Trinajstić information content (AvgIpc) is 1.60. The molecule has 0 saturated heterocycles. The molecular weight excluding hydrogens is 2130 g/mol. The Morgan fingerprint density at radius 1 is 0.488 bits per heavy atom. The number of benzene rings is 4. The third-order valence-electron chi connectivity index (χ3n) is 16.3. The molecule has 0 amide bonds. The van der Waals surface area contributed by atoms with Crippen molar-refractivity contribution in [2.24, 2.45) is 11.5 Å². The second-order valence-corrected chi connectivity index (χ2v) is 35.9. The van der Waals surface area contributed by atoms with Gasteiger partial charge in [-0.3, -0.25) is 51.8 Å². The number of alkyl halides is 2. The zero-order valence-electron chi connectivity index (χ0n) is 67.5. The highest BCUT2D eigenvalue weighted by Crippen LogP contribution is 2.34. The minimum atomic E-state index is -0.935. The zero-order valence-corrected chi connectivity index (χ0v) is 85.4. The molecule has 0 aliphatic carbocycles. The molecule has 0 aliphatic heterocycles. The van der Waals surface area contributed by atoms with Crippen molar-refractivity contribution in [3.8, 4) is 22.8 Å². The smallest absolute Gasteiger partial charge is 0.194 e. The molecule has 650 valence electrons. The van der Waals surface area contributed by atoms with E-state index in [9.17, 15) is 28.8 Å². The van der Waals surface area contributed by atoms with E-state index in [2.05, 4.69) is 176 Å². The molecular formula is C80H85Br5Cl2N20O6S10. The molecule has 0 unspecified atom stereocenters. The van der Waals surface area contributed by atoms with Gasteiger partial charge in [-0.1, -0.05) is 85.9 Å². The van der Waals surface area contributed by atoms with E-state index in [-0.39, 0.29) is 91.0 Å². The number of aromatic nitrogens is 12. The summed E-state index contributed by atoms with van der Waals surface area (Å²) in [6, 6.07) is 31.4. The first-order chi connectivity index (χ1) is 57.3. The second-order valence-electron chi connectivity index (χ2n) is 25.1. The molecule has 0 aliphatic rings. The Balaban J connectivity index is 0.000000252. The number of carbonyl (C=O) groups is 6. The molecule has 0 atom stereocenters. The number of Topliss-reactive ketones (excluding diaryl/α,β-unsaturated/α-hetero) is 6. The Kier molecular flexibility index (Phi) is 44.4. The van der Waals surface area contributed by atoms with Gasteiger partial charge in [-0.15, -0.1) is 149 Å². The summed E-state index contributed by atoms with van der Waals surface area (Å²) in [6.45, 7) is 18.9. The number of carbonyl (C=O) groups excluding carboxylic acids is 6. The lowest BCUT2D eigenvalue weighted by atomic mass is 10.1. The van der Waals surface area contributed by atoms with Crippen LogP contribution in [0.15, 0.2) is 186 Å². The Morgan fingerprint density at radius 3 is 1.17 bits per heavy atom. The number of halogens is 7. The summed E-state index contributed by atoms with van der Waals surface area (Å²) in [5.41, 5.74) is 31.4. The van der Waals surface area contributed by atoms with Gasteiger partial charge in [0.2, 0.25) is 0 Å². The topological polar surface area (TPSA) is 365 Å². The summed E-state index contributed by atoms with van der Waals surface area (Å²) in [5, 5.41) is 37.9. The van der Waals surface area contributed by atoms with Gasteiger partial charge in [0.1, 0.15) is 28.2 Å². The predicted molar refractivity (Wildman–Crippen MR) is 543 cm³/mol. The van der Waals surface area contributed by atoms with Gasteiger partial charge in [0, 0.05) is 119 Å². The maximum absolute atomic E-state index is 11.5. The van der Waals surface area contributed by atoms with Crippen LogP contribution < -0.4 is 43.3 Å². The summed E-state index contributed by atoms with van der Waals surface area (Å²) < 4.78 is 11.4. The van der Waals surface area contributed by atoms with E-state index in [1.807, 2.05) is 149 Å². The molecule has 12 heterocycles. The molecule has 0 saturated carbocycles. The van der Waals surface area contributed by atoms with Crippen LogP contribution in [0.4, 0.5) is 38.1 Å². The van der Waals surface area contributed by atoms with Crippen molar-refractivity contribution in [1.29, 1.82) is 5.41 Å². The van der Waals surface area contributed by atoms with Crippen LogP contribution in [-0.2, 0) is 32.0 Å². The Hall–Kier alpha value is -8.34. The van der Waals surface area contributed by atoms with Crippen LogP contribution in [0, 0.1) is 33.1 Å². The van der Waals surface area contributed by atoms with Crippen LogP contribution in [0.1, 0.15) is 109 Å². The Bertz CT molecular complexity index is 6140. The van der Waals surface area contributed by atoms with E-state index in [1.54, 1.807) is 70.0 Å². The first-order valence-corrected chi connectivity index (χ1v) is 46.8. The first-order valence-electron chi connectivity index (χ1n) is 35.9. The monoisotopic (exact) mass is 2210 g/mol. The van der Waals surface area contributed by atoms with Crippen molar-refractivity contribution in [3.63, 3.8) is 0 Å². The average molecular weight is 2210 g/mol. The molecule has 123 heavy (non-hydrogen) atoms. The summed E-state index contributed by atoms with van der Waals surface area (Å²) >= 11 is 36.7. The number of nitrogens with one attached hydrogen (secondary N) is 5. The predicted octanol–water partition coefficient (Wildman–Crippen LogP) is 22.5. The van der Waals surface area contributed by atoms with Crippen molar-refractivity contribution in [1.82, 2.24) is 57.1 Å². The number of anilines is 7. The van der Waals surface area contributed by atoms with Gasteiger partial charge in [-0.2, -0.15) is 0 Å². The first kappa shape index (κ1) is 105. The molecule has 12 aromatic heterocycles. The number of rotatable bonds is 18. The number of fused-ring (bicyclic) bond motifs is 4. The van der Waals surface area contributed by atoms with Crippen LogP contribution in [0.5, 0.6) is 0 Å². The fourth-order valence-corrected chi connectivity index (χ4v) is 17.3.